The maximum atomic E-state index is 5.48. The largest absolute Gasteiger partial charge is 0.497 e. The Morgan fingerprint density at radius 1 is 1.00 bits per heavy atom. The number of rotatable bonds is 5. The molecule has 0 spiro atoms. The molecule has 26 heavy (non-hydrogen) atoms. The van der Waals surface area contributed by atoms with Crippen LogP contribution in [0.2, 0.25) is 0 Å². The Balaban J connectivity index is 1.61. The molecule has 6 heteroatoms. The number of benzene rings is 2. The number of pyridine rings is 1. The van der Waals surface area contributed by atoms with E-state index in [1.54, 1.807) is 31.8 Å². The Labute approximate surface area is 155 Å². The first-order chi connectivity index (χ1) is 12.8. The standard InChI is InChI=1S/C20H17N3O2S/c1-24-15-6-7-16(19(11-15)25-2)18-12-26-20(23-18)22-14-5-8-17-13(10-14)4-3-9-21-17/h3-12H,1-2H3,(H,22,23). The minimum Gasteiger partial charge on any atom is -0.497 e. The molecule has 2 aromatic heterocycles. The number of anilines is 2. The summed E-state index contributed by atoms with van der Waals surface area (Å²) in [7, 11) is 3.28. The molecule has 0 fully saturated rings. The lowest BCUT2D eigenvalue weighted by molar-refractivity contribution is 0.395. The van der Waals surface area contributed by atoms with Crippen LogP contribution in [0.25, 0.3) is 22.2 Å². The number of hydrogen-bond donors (Lipinski definition) is 1. The van der Waals surface area contributed by atoms with Crippen molar-refractivity contribution in [3.8, 4) is 22.8 Å². The van der Waals surface area contributed by atoms with Crippen molar-refractivity contribution in [1.29, 1.82) is 0 Å². The van der Waals surface area contributed by atoms with Crippen LogP contribution in [-0.2, 0) is 0 Å². The summed E-state index contributed by atoms with van der Waals surface area (Å²) in [6.45, 7) is 0. The van der Waals surface area contributed by atoms with Crippen molar-refractivity contribution in [3.63, 3.8) is 0 Å². The fourth-order valence-corrected chi connectivity index (χ4v) is 3.47. The molecule has 4 aromatic rings. The van der Waals surface area contributed by atoms with Crippen molar-refractivity contribution in [1.82, 2.24) is 9.97 Å². The number of ether oxygens (including phenoxy) is 2. The summed E-state index contributed by atoms with van der Waals surface area (Å²) in [4.78, 5) is 9.03. The predicted octanol–water partition coefficient (Wildman–Crippen LogP) is 5.12. The summed E-state index contributed by atoms with van der Waals surface area (Å²) >= 11 is 1.55. The number of methoxy groups -OCH3 is 2. The molecule has 0 aliphatic heterocycles. The highest BCUT2D eigenvalue weighted by Crippen LogP contribution is 2.35. The molecule has 4 rings (SSSR count). The highest BCUT2D eigenvalue weighted by molar-refractivity contribution is 7.14. The van der Waals surface area contributed by atoms with Gasteiger partial charge in [0.05, 0.1) is 25.4 Å². The molecule has 0 bridgehead atoms. The van der Waals surface area contributed by atoms with Crippen LogP contribution >= 0.6 is 11.3 Å². The number of thiazole rings is 1. The van der Waals surface area contributed by atoms with Crippen LogP contribution in [0.1, 0.15) is 0 Å². The van der Waals surface area contributed by atoms with Crippen molar-refractivity contribution in [2.24, 2.45) is 0 Å². The van der Waals surface area contributed by atoms with Gasteiger partial charge in [0.2, 0.25) is 0 Å². The van der Waals surface area contributed by atoms with E-state index < -0.39 is 0 Å². The Hall–Kier alpha value is -3.12. The van der Waals surface area contributed by atoms with Crippen molar-refractivity contribution in [2.45, 2.75) is 0 Å². The predicted molar refractivity (Wildman–Crippen MR) is 106 cm³/mol. The minimum atomic E-state index is 0.734. The van der Waals surface area contributed by atoms with E-state index in [-0.39, 0.29) is 0 Å². The molecule has 130 valence electrons. The fraction of sp³-hybridized carbons (Fsp3) is 0.100. The second-order valence-electron chi connectivity index (χ2n) is 5.64. The number of hydrogen-bond acceptors (Lipinski definition) is 6. The second-order valence-corrected chi connectivity index (χ2v) is 6.50. The smallest absolute Gasteiger partial charge is 0.187 e. The van der Waals surface area contributed by atoms with Gasteiger partial charge in [-0.1, -0.05) is 6.07 Å². The lowest BCUT2D eigenvalue weighted by atomic mass is 10.1. The van der Waals surface area contributed by atoms with Gasteiger partial charge in [0.25, 0.3) is 0 Å². The zero-order chi connectivity index (χ0) is 17.9. The molecule has 0 saturated heterocycles. The third-order valence-electron chi connectivity index (χ3n) is 4.04. The summed E-state index contributed by atoms with van der Waals surface area (Å²) < 4.78 is 10.7. The molecule has 0 aliphatic rings. The van der Waals surface area contributed by atoms with Gasteiger partial charge in [0.1, 0.15) is 11.5 Å². The van der Waals surface area contributed by atoms with Crippen LogP contribution in [0.4, 0.5) is 10.8 Å². The second kappa shape index (κ2) is 7.01. The summed E-state index contributed by atoms with van der Waals surface area (Å²) in [6.07, 6.45) is 1.80. The minimum absolute atomic E-state index is 0.734. The summed E-state index contributed by atoms with van der Waals surface area (Å²) in [5, 5.41) is 7.28. The zero-order valence-corrected chi connectivity index (χ0v) is 15.2. The van der Waals surface area contributed by atoms with Crippen LogP contribution in [0.15, 0.2) is 60.1 Å². The average Bonchev–Trinajstić information content (AvgIpc) is 3.15. The molecular weight excluding hydrogens is 346 g/mol. The van der Waals surface area contributed by atoms with E-state index in [0.717, 1.165) is 44.5 Å². The van der Waals surface area contributed by atoms with Crippen LogP contribution in [0.5, 0.6) is 11.5 Å². The molecule has 0 aliphatic carbocycles. The Kier molecular flexibility index (Phi) is 4.41. The molecule has 0 amide bonds. The van der Waals surface area contributed by atoms with Crippen molar-refractivity contribution in [3.05, 3.63) is 60.1 Å². The first kappa shape index (κ1) is 16.4. The SMILES string of the molecule is COc1ccc(-c2csc(Nc3ccc4ncccc4c3)n2)c(OC)c1. The zero-order valence-electron chi connectivity index (χ0n) is 14.4. The summed E-state index contributed by atoms with van der Waals surface area (Å²) in [6, 6.07) is 15.8. The molecule has 0 unspecified atom stereocenters. The Bertz CT molecular complexity index is 1060. The van der Waals surface area contributed by atoms with Gasteiger partial charge in [-0.05, 0) is 36.4 Å². The van der Waals surface area contributed by atoms with Crippen LogP contribution in [-0.4, -0.2) is 24.2 Å². The quantitative estimate of drug-likeness (QED) is 0.533. The van der Waals surface area contributed by atoms with E-state index >= 15 is 0 Å². The van der Waals surface area contributed by atoms with Crippen molar-refractivity contribution >= 4 is 33.1 Å². The molecule has 0 saturated carbocycles. The van der Waals surface area contributed by atoms with E-state index in [1.165, 1.54) is 0 Å². The van der Waals surface area contributed by atoms with E-state index in [9.17, 15) is 0 Å². The molecule has 1 N–H and O–H groups in total. The normalized spacial score (nSPS) is 10.7. The molecule has 2 heterocycles. The number of fused-ring (bicyclic) bond motifs is 1. The van der Waals surface area contributed by atoms with Gasteiger partial charge in [-0.25, -0.2) is 4.98 Å². The van der Waals surface area contributed by atoms with E-state index in [1.807, 2.05) is 47.8 Å². The van der Waals surface area contributed by atoms with Crippen molar-refractivity contribution in [2.75, 3.05) is 19.5 Å². The third kappa shape index (κ3) is 3.19. The Morgan fingerprint density at radius 2 is 1.92 bits per heavy atom. The van der Waals surface area contributed by atoms with Gasteiger partial charge in [-0.3, -0.25) is 4.98 Å². The number of aromatic nitrogens is 2. The van der Waals surface area contributed by atoms with E-state index in [0.29, 0.717) is 0 Å². The summed E-state index contributed by atoms with van der Waals surface area (Å²) in [5.74, 6) is 1.49. The average molecular weight is 363 g/mol. The molecular formula is C20H17N3O2S. The first-order valence-electron chi connectivity index (χ1n) is 8.06. The lowest BCUT2D eigenvalue weighted by Crippen LogP contribution is -1.92. The fourth-order valence-electron chi connectivity index (χ4n) is 2.74. The third-order valence-corrected chi connectivity index (χ3v) is 4.80. The van der Waals surface area contributed by atoms with Gasteiger partial charge in [-0.15, -0.1) is 11.3 Å². The van der Waals surface area contributed by atoms with Crippen LogP contribution in [0.3, 0.4) is 0 Å². The maximum Gasteiger partial charge on any atom is 0.187 e. The van der Waals surface area contributed by atoms with E-state index in [4.69, 9.17) is 14.5 Å². The monoisotopic (exact) mass is 363 g/mol. The highest BCUT2D eigenvalue weighted by Gasteiger charge is 2.11. The van der Waals surface area contributed by atoms with Gasteiger partial charge >= 0.3 is 0 Å². The summed E-state index contributed by atoms with van der Waals surface area (Å²) in [5.41, 5.74) is 3.74. The number of nitrogens with one attached hydrogen (secondary N) is 1. The molecule has 2 aromatic carbocycles. The lowest BCUT2D eigenvalue weighted by Gasteiger charge is -2.08. The van der Waals surface area contributed by atoms with Crippen LogP contribution in [0, 0.1) is 0 Å². The Morgan fingerprint density at radius 3 is 2.77 bits per heavy atom. The van der Waals surface area contributed by atoms with Gasteiger partial charge in [0, 0.05) is 34.3 Å². The first-order valence-corrected chi connectivity index (χ1v) is 8.94. The molecule has 5 nitrogen and oxygen atoms in total. The number of nitrogens with zero attached hydrogens (tertiary/aromatic N) is 2. The topological polar surface area (TPSA) is 56.3 Å². The van der Waals surface area contributed by atoms with Crippen molar-refractivity contribution < 1.29 is 9.47 Å². The highest BCUT2D eigenvalue weighted by atomic mass is 32.1. The van der Waals surface area contributed by atoms with Gasteiger partial charge in [0.15, 0.2) is 5.13 Å². The molecule has 0 radical (unpaired) electrons. The molecule has 0 atom stereocenters. The van der Waals surface area contributed by atoms with Gasteiger partial charge < -0.3 is 14.8 Å². The van der Waals surface area contributed by atoms with Crippen LogP contribution < -0.4 is 14.8 Å². The maximum absolute atomic E-state index is 5.48. The van der Waals surface area contributed by atoms with E-state index in [2.05, 4.69) is 16.4 Å². The van der Waals surface area contributed by atoms with Gasteiger partial charge in [-0.2, -0.15) is 0 Å².